The van der Waals surface area contributed by atoms with Crippen molar-refractivity contribution in [3.05, 3.63) is 11.6 Å². The molecule has 40 valence electrons. The van der Waals surface area contributed by atoms with Crippen LogP contribution in [-0.4, -0.2) is 6.54 Å². The van der Waals surface area contributed by atoms with Crippen LogP contribution in [0.5, 0.6) is 0 Å². The minimum atomic E-state index is 0.922. The second-order valence-electron chi connectivity index (χ2n) is 1.42. The molecule has 0 amide bonds. The van der Waals surface area contributed by atoms with E-state index in [1.54, 1.807) is 0 Å². The van der Waals surface area contributed by atoms with E-state index in [1.165, 1.54) is 25.2 Å². The van der Waals surface area contributed by atoms with Crippen LogP contribution >= 0.6 is 0 Å². The van der Waals surface area contributed by atoms with E-state index in [0.717, 1.165) is 6.54 Å². The van der Waals surface area contributed by atoms with Crippen LogP contribution in [0.1, 0.15) is 13.8 Å². The SMILES string of the molecule is CC=C(C)C[N]=[W]. The molecule has 0 aliphatic carbocycles. The summed E-state index contributed by atoms with van der Waals surface area (Å²) in [5.41, 5.74) is 1.36. The molecule has 0 spiro atoms. The molecular weight excluding hydrogens is 258 g/mol. The summed E-state index contributed by atoms with van der Waals surface area (Å²) >= 11 is 1.32. The first kappa shape index (κ1) is 7.23. The van der Waals surface area contributed by atoms with E-state index in [0.29, 0.717) is 0 Å². The van der Waals surface area contributed by atoms with Crippen molar-refractivity contribution in [2.75, 3.05) is 6.54 Å². The second kappa shape index (κ2) is 4.39. The molecule has 1 nitrogen and oxygen atoms in total. The molecule has 0 fully saturated rings. The van der Waals surface area contributed by atoms with Gasteiger partial charge in [-0.05, 0) is 0 Å². The monoisotopic (exact) mass is 267 g/mol. The van der Waals surface area contributed by atoms with Crippen LogP contribution < -0.4 is 0 Å². The van der Waals surface area contributed by atoms with E-state index < -0.39 is 0 Å². The van der Waals surface area contributed by atoms with Crippen molar-refractivity contribution in [2.45, 2.75) is 13.8 Å². The standard InChI is InChI=1S/C5H9N.W/c1-3-5(2)4-6;/h3H,4H2,1-2H3;. The third kappa shape index (κ3) is 4.07. The van der Waals surface area contributed by atoms with E-state index in [9.17, 15) is 0 Å². The van der Waals surface area contributed by atoms with Crippen LogP contribution in [0.15, 0.2) is 15.1 Å². The zero-order chi connectivity index (χ0) is 5.70. The molecule has 0 aromatic heterocycles. The van der Waals surface area contributed by atoms with Gasteiger partial charge in [0.15, 0.2) is 0 Å². The van der Waals surface area contributed by atoms with E-state index in [1.807, 2.05) is 6.92 Å². The van der Waals surface area contributed by atoms with Crippen molar-refractivity contribution in [3.8, 4) is 0 Å². The Bertz CT molecular complexity index is 86.1. The van der Waals surface area contributed by atoms with Crippen molar-refractivity contribution in [1.82, 2.24) is 0 Å². The quantitative estimate of drug-likeness (QED) is 0.675. The summed E-state index contributed by atoms with van der Waals surface area (Å²) in [4.78, 5) is 0. The van der Waals surface area contributed by atoms with Crippen molar-refractivity contribution in [3.63, 3.8) is 0 Å². The van der Waals surface area contributed by atoms with Gasteiger partial charge in [0, 0.05) is 0 Å². The predicted molar refractivity (Wildman–Crippen MR) is 26.7 cm³/mol. The molecule has 0 radical (unpaired) electrons. The molecule has 2 heteroatoms. The predicted octanol–water partition coefficient (Wildman–Crippen LogP) is 1.68. The molecule has 0 heterocycles. The van der Waals surface area contributed by atoms with Crippen LogP contribution in [0.4, 0.5) is 0 Å². The molecule has 0 rings (SSSR count). The molecule has 0 aliphatic rings. The summed E-state index contributed by atoms with van der Waals surface area (Å²) < 4.78 is 4.02. The Morgan fingerprint density at radius 1 is 1.86 bits per heavy atom. The number of hydrogen-bond donors (Lipinski definition) is 0. The normalized spacial score (nSPS) is 11.4. The van der Waals surface area contributed by atoms with E-state index in [4.69, 9.17) is 0 Å². The molecule has 0 atom stereocenters. The minimum absolute atomic E-state index is 0.922. The Hall–Kier alpha value is 0.228. The fourth-order valence-electron chi connectivity index (χ4n) is 0.193. The van der Waals surface area contributed by atoms with Crippen LogP contribution in [0.2, 0.25) is 0 Å². The van der Waals surface area contributed by atoms with Crippen LogP contribution in [-0.2, 0) is 19.6 Å². The first-order chi connectivity index (χ1) is 3.31. The molecule has 0 aliphatic heterocycles. The molecule has 7 heavy (non-hydrogen) atoms. The Kier molecular flexibility index (Phi) is 4.53. The van der Waals surface area contributed by atoms with Gasteiger partial charge in [0.05, 0.1) is 0 Å². The van der Waals surface area contributed by atoms with Gasteiger partial charge in [-0.15, -0.1) is 0 Å². The Morgan fingerprint density at radius 3 is 2.57 bits per heavy atom. The summed E-state index contributed by atoms with van der Waals surface area (Å²) in [7, 11) is 0. The molecule has 0 aromatic rings. The molecular formula is C5H9NW. The third-order valence-electron chi connectivity index (χ3n) is 0.807. The van der Waals surface area contributed by atoms with Gasteiger partial charge in [0.1, 0.15) is 0 Å². The summed E-state index contributed by atoms with van der Waals surface area (Å²) in [5, 5.41) is 0. The van der Waals surface area contributed by atoms with Gasteiger partial charge in [-0.25, -0.2) is 0 Å². The summed E-state index contributed by atoms with van der Waals surface area (Å²) in [6.45, 7) is 5.05. The molecule has 0 bridgehead atoms. The first-order valence-corrected chi connectivity index (χ1v) is 3.53. The summed E-state index contributed by atoms with van der Waals surface area (Å²) in [5.74, 6) is 0. The maximum absolute atomic E-state index is 4.02. The van der Waals surface area contributed by atoms with Crippen molar-refractivity contribution >= 4 is 0 Å². The Morgan fingerprint density at radius 2 is 2.43 bits per heavy atom. The van der Waals surface area contributed by atoms with E-state index in [2.05, 4.69) is 16.5 Å². The maximum atomic E-state index is 4.02. The average Bonchev–Trinajstić information content (AvgIpc) is 1.68. The van der Waals surface area contributed by atoms with Gasteiger partial charge in [0.25, 0.3) is 0 Å². The molecule has 0 N–H and O–H groups in total. The molecule has 0 unspecified atom stereocenters. The Labute approximate surface area is 55.6 Å². The Balaban J connectivity index is 3.36. The fourth-order valence-corrected chi connectivity index (χ4v) is 0.925. The third-order valence-corrected chi connectivity index (χ3v) is 1.27. The molecule has 0 saturated heterocycles. The second-order valence-corrected chi connectivity index (χ2v) is 2.35. The number of nitrogens with zero attached hydrogens (tertiary/aromatic N) is 1. The molecule has 0 saturated carbocycles. The number of rotatable bonds is 2. The van der Waals surface area contributed by atoms with Crippen LogP contribution in [0, 0.1) is 0 Å². The number of hydrogen-bond acceptors (Lipinski definition) is 1. The fraction of sp³-hybridized carbons (Fsp3) is 0.600. The van der Waals surface area contributed by atoms with E-state index >= 15 is 0 Å². The summed E-state index contributed by atoms with van der Waals surface area (Å²) in [6, 6.07) is 0. The van der Waals surface area contributed by atoms with Crippen LogP contribution in [0.3, 0.4) is 0 Å². The summed E-state index contributed by atoms with van der Waals surface area (Å²) in [6.07, 6.45) is 2.09. The average molecular weight is 267 g/mol. The van der Waals surface area contributed by atoms with Gasteiger partial charge in [-0.1, -0.05) is 0 Å². The van der Waals surface area contributed by atoms with Gasteiger partial charge in [-0.3, -0.25) is 0 Å². The van der Waals surface area contributed by atoms with Gasteiger partial charge in [0.2, 0.25) is 0 Å². The zero-order valence-electron chi connectivity index (χ0n) is 4.64. The first-order valence-electron chi connectivity index (χ1n) is 2.22. The van der Waals surface area contributed by atoms with Gasteiger partial charge >= 0.3 is 55.2 Å². The van der Waals surface area contributed by atoms with Crippen molar-refractivity contribution < 1.29 is 19.6 Å². The molecule has 0 aromatic carbocycles. The van der Waals surface area contributed by atoms with Gasteiger partial charge < -0.3 is 0 Å². The van der Waals surface area contributed by atoms with Crippen molar-refractivity contribution in [1.29, 1.82) is 0 Å². The van der Waals surface area contributed by atoms with E-state index in [-0.39, 0.29) is 0 Å². The van der Waals surface area contributed by atoms with Crippen LogP contribution in [0.25, 0.3) is 0 Å². The van der Waals surface area contributed by atoms with Crippen molar-refractivity contribution in [2.24, 2.45) is 3.50 Å². The van der Waals surface area contributed by atoms with Gasteiger partial charge in [-0.2, -0.15) is 0 Å². The number of allylic oxidation sites excluding steroid dienone is 1. The zero-order valence-corrected chi connectivity index (χ0v) is 7.57. The topological polar surface area (TPSA) is 12.4 Å².